The van der Waals surface area contributed by atoms with Gasteiger partial charge in [0, 0.05) is 12.6 Å². The summed E-state index contributed by atoms with van der Waals surface area (Å²) in [5.74, 6) is 0.756. The van der Waals surface area contributed by atoms with Gasteiger partial charge in [0.25, 0.3) is 5.91 Å². The molecule has 1 aromatic heterocycles. The molecule has 1 fully saturated rings. The fraction of sp³-hybridized carbons (Fsp3) is 0.583. The molecule has 2 unspecified atom stereocenters. The number of rotatable bonds is 3. The van der Waals surface area contributed by atoms with Gasteiger partial charge in [-0.15, -0.1) is 12.4 Å². The maximum atomic E-state index is 11.6. The van der Waals surface area contributed by atoms with Gasteiger partial charge in [-0.3, -0.25) is 4.79 Å². The molecule has 0 saturated heterocycles. The van der Waals surface area contributed by atoms with Crippen molar-refractivity contribution in [1.29, 1.82) is 0 Å². The summed E-state index contributed by atoms with van der Waals surface area (Å²) in [4.78, 5) is 11.6. The normalized spacial score (nSPS) is 23.8. The molecule has 0 bridgehead atoms. The SMILES string of the molecule is Cl.NC1CCCC(CNC(=O)c2ccco2)C1. The number of carbonyl (C=O) groups is 1. The summed E-state index contributed by atoms with van der Waals surface area (Å²) in [5, 5.41) is 2.89. The topological polar surface area (TPSA) is 68.3 Å². The van der Waals surface area contributed by atoms with E-state index < -0.39 is 0 Å². The number of furan rings is 1. The quantitative estimate of drug-likeness (QED) is 0.871. The third kappa shape index (κ3) is 4.06. The van der Waals surface area contributed by atoms with Crippen LogP contribution in [0, 0.1) is 5.92 Å². The van der Waals surface area contributed by atoms with E-state index in [1.165, 1.54) is 12.7 Å². The average molecular weight is 259 g/mol. The van der Waals surface area contributed by atoms with E-state index >= 15 is 0 Å². The van der Waals surface area contributed by atoms with Gasteiger partial charge in [0.05, 0.1) is 6.26 Å². The van der Waals surface area contributed by atoms with Gasteiger partial charge >= 0.3 is 0 Å². The lowest BCUT2D eigenvalue weighted by Gasteiger charge is -2.26. The predicted octanol–water partition coefficient (Wildman–Crippen LogP) is 1.95. The molecule has 3 N–H and O–H groups in total. The fourth-order valence-electron chi connectivity index (χ4n) is 2.25. The predicted molar refractivity (Wildman–Crippen MR) is 68.2 cm³/mol. The fourth-order valence-corrected chi connectivity index (χ4v) is 2.25. The van der Waals surface area contributed by atoms with Crippen LogP contribution in [0.5, 0.6) is 0 Å². The van der Waals surface area contributed by atoms with Gasteiger partial charge in [0.15, 0.2) is 5.76 Å². The lowest BCUT2D eigenvalue weighted by Crippen LogP contribution is -2.35. The molecule has 1 heterocycles. The highest BCUT2D eigenvalue weighted by Crippen LogP contribution is 2.22. The molecule has 1 aliphatic rings. The molecule has 1 aliphatic carbocycles. The Balaban J connectivity index is 0.00000144. The highest BCUT2D eigenvalue weighted by atomic mass is 35.5. The molecule has 1 amide bonds. The number of amides is 1. The van der Waals surface area contributed by atoms with E-state index in [2.05, 4.69) is 5.32 Å². The third-order valence-electron chi connectivity index (χ3n) is 3.12. The van der Waals surface area contributed by atoms with Crippen molar-refractivity contribution in [3.05, 3.63) is 24.2 Å². The molecule has 5 heteroatoms. The van der Waals surface area contributed by atoms with Crippen LogP contribution in [-0.4, -0.2) is 18.5 Å². The molecular formula is C12H19ClN2O2. The zero-order chi connectivity index (χ0) is 11.4. The molecule has 0 aliphatic heterocycles. The van der Waals surface area contributed by atoms with Crippen LogP contribution in [0.25, 0.3) is 0 Å². The maximum Gasteiger partial charge on any atom is 0.286 e. The van der Waals surface area contributed by atoms with Gasteiger partial charge in [-0.05, 0) is 37.3 Å². The van der Waals surface area contributed by atoms with Gasteiger partial charge < -0.3 is 15.5 Å². The van der Waals surface area contributed by atoms with E-state index in [-0.39, 0.29) is 18.3 Å². The minimum Gasteiger partial charge on any atom is -0.459 e. The Hall–Kier alpha value is -1.00. The van der Waals surface area contributed by atoms with Gasteiger partial charge in [-0.1, -0.05) is 6.42 Å². The Bertz CT molecular complexity index is 340. The number of nitrogens with one attached hydrogen (secondary N) is 1. The van der Waals surface area contributed by atoms with Crippen molar-refractivity contribution in [1.82, 2.24) is 5.32 Å². The van der Waals surface area contributed by atoms with E-state index in [4.69, 9.17) is 10.2 Å². The highest BCUT2D eigenvalue weighted by molar-refractivity contribution is 5.91. The molecule has 2 atom stereocenters. The van der Waals surface area contributed by atoms with Crippen molar-refractivity contribution in [2.45, 2.75) is 31.7 Å². The number of carbonyl (C=O) groups excluding carboxylic acids is 1. The Morgan fingerprint density at radius 1 is 1.53 bits per heavy atom. The van der Waals surface area contributed by atoms with Crippen molar-refractivity contribution in [3.63, 3.8) is 0 Å². The second kappa shape index (κ2) is 6.67. The van der Waals surface area contributed by atoms with Gasteiger partial charge in [-0.2, -0.15) is 0 Å². The van der Waals surface area contributed by atoms with Crippen molar-refractivity contribution < 1.29 is 9.21 Å². The zero-order valence-electron chi connectivity index (χ0n) is 9.72. The number of halogens is 1. The van der Waals surface area contributed by atoms with Crippen LogP contribution >= 0.6 is 12.4 Å². The number of nitrogens with two attached hydrogens (primary N) is 1. The molecule has 1 saturated carbocycles. The molecule has 2 rings (SSSR count). The molecule has 17 heavy (non-hydrogen) atoms. The summed E-state index contributed by atoms with van der Waals surface area (Å²) < 4.78 is 5.02. The molecule has 0 spiro atoms. The van der Waals surface area contributed by atoms with E-state index in [1.54, 1.807) is 12.1 Å². The average Bonchev–Trinajstić information content (AvgIpc) is 2.79. The maximum absolute atomic E-state index is 11.6. The van der Waals surface area contributed by atoms with Crippen LogP contribution in [0.4, 0.5) is 0 Å². The van der Waals surface area contributed by atoms with Crippen molar-refractivity contribution >= 4 is 18.3 Å². The summed E-state index contributed by atoms with van der Waals surface area (Å²) in [7, 11) is 0. The largest absolute Gasteiger partial charge is 0.459 e. The Labute approximate surface area is 107 Å². The van der Waals surface area contributed by atoms with Gasteiger partial charge in [0.2, 0.25) is 0 Å². The second-order valence-electron chi connectivity index (χ2n) is 4.48. The second-order valence-corrected chi connectivity index (χ2v) is 4.48. The van der Waals surface area contributed by atoms with Crippen LogP contribution < -0.4 is 11.1 Å². The first kappa shape index (κ1) is 14.1. The lowest BCUT2D eigenvalue weighted by molar-refractivity contribution is 0.0914. The van der Waals surface area contributed by atoms with Crippen LogP contribution in [-0.2, 0) is 0 Å². The van der Waals surface area contributed by atoms with Crippen molar-refractivity contribution in [3.8, 4) is 0 Å². The first-order valence-corrected chi connectivity index (χ1v) is 5.83. The van der Waals surface area contributed by atoms with E-state index in [9.17, 15) is 4.79 Å². The number of hydrogen-bond acceptors (Lipinski definition) is 3. The summed E-state index contributed by atoms with van der Waals surface area (Å²) >= 11 is 0. The molecule has 0 aromatic carbocycles. The van der Waals surface area contributed by atoms with E-state index in [0.29, 0.717) is 24.3 Å². The summed E-state index contributed by atoms with van der Waals surface area (Å²) in [6.45, 7) is 0.702. The molecule has 0 radical (unpaired) electrons. The zero-order valence-corrected chi connectivity index (χ0v) is 10.5. The van der Waals surface area contributed by atoms with Gasteiger partial charge in [0.1, 0.15) is 0 Å². The Morgan fingerprint density at radius 2 is 2.35 bits per heavy atom. The highest BCUT2D eigenvalue weighted by Gasteiger charge is 2.20. The van der Waals surface area contributed by atoms with Crippen LogP contribution in [0.2, 0.25) is 0 Å². The summed E-state index contributed by atoms with van der Waals surface area (Å²) in [6, 6.07) is 3.69. The first-order chi connectivity index (χ1) is 7.75. The molecule has 96 valence electrons. The smallest absolute Gasteiger partial charge is 0.286 e. The molecular weight excluding hydrogens is 240 g/mol. The molecule has 4 nitrogen and oxygen atoms in total. The standard InChI is InChI=1S/C12H18N2O2.ClH/c13-10-4-1-3-9(7-10)8-14-12(15)11-5-2-6-16-11;/h2,5-6,9-10H,1,3-4,7-8,13H2,(H,14,15);1H. The van der Waals surface area contributed by atoms with Crippen molar-refractivity contribution in [2.24, 2.45) is 11.7 Å². The molecule has 1 aromatic rings. The van der Waals surface area contributed by atoms with E-state index in [0.717, 1.165) is 19.3 Å². The van der Waals surface area contributed by atoms with E-state index in [1.807, 2.05) is 0 Å². The van der Waals surface area contributed by atoms with Gasteiger partial charge in [-0.25, -0.2) is 0 Å². The minimum absolute atomic E-state index is 0. The summed E-state index contributed by atoms with van der Waals surface area (Å²) in [5.41, 5.74) is 5.89. The first-order valence-electron chi connectivity index (χ1n) is 5.83. The minimum atomic E-state index is -0.135. The third-order valence-corrected chi connectivity index (χ3v) is 3.12. The summed E-state index contributed by atoms with van der Waals surface area (Å²) in [6.07, 6.45) is 5.96. The monoisotopic (exact) mass is 258 g/mol. The Kier molecular flexibility index (Phi) is 5.51. The Morgan fingerprint density at radius 3 is 3.00 bits per heavy atom. The lowest BCUT2D eigenvalue weighted by atomic mass is 9.86. The van der Waals surface area contributed by atoms with Crippen LogP contribution in [0.3, 0.4) is 0 Å². The van der Waals surface area contributed by atoms with Crippen LogP contribution in [0.1, 0.15) is 36.2 Å². The number of hydrogen-bond donors (Lipinski definition) is 2. The van der Waals surface area contributed by atoms with Crippen LogP contribution in [0.15, 0.2) is 22.8 Å². The van der Waals surface area contributed by atoms with Crippen molar-refractivity contribution in [2.75, 3.05) is 6.54 Å².